The highest BCUT2D eigenvalue weighted by molar-refractivity contribution is 5.68. The van der Waals surface area contributed by atoms with Crippen LogP contribution in [0.1, 0.15) is 49.0 Å². The number of hydrogen-bond acceptors (Lipinski definition) is 2. The van der Waals surface area contributed by atoms with Gasteiger partial charge in [-0.05, 0) is 12.8 Å². The van der Waals surface area contributed by atoms with Crippen molar-refractivity contribution in [2.75, 3.05) is 26.2 Å². The summed E-state index contributed by atoms with van der Waals surface area (Å²) in [6.45, 7) is 4.59. The van der Waals surface area contributed by atoms with Crippen LogP contribution in [0.15, 0.2) is 24.6 Å². The molecule has 126 valence electrons. The van der Waals surface area contributed by atoms with Crippen molar-refractivity contribution in [1.29, 1.82) is 0 Å². The standard InChI is InChI=1S/C14H20N4.4CH4/c1-2-7-16-9-4-11-18-13-5-12-17-10-3-8-15(6-1)14(16,17)18;;;;/h3-4,8-11H,1-2,5-7,12-13H2;4*1H4/q+2;;;;. The van der Waals surface area contributed by atoms with Crippen molar-refractivity contribution >= 4 is 12.4 Å². The molecule has 0 aromatic carbocycles. The van der Waals surface area contributed by atoms with Gasteiger partial charge in [-0.3, -0.25) is 0 Å². The van der Waals surface area contributed by atoms with E-state index in [9.17, 15) is 0 Å². The van der Waals surface area contributed by atoms with Crippen LogP contribution in [0.25, 0.3) is 0 Å². The lowest BCUT2D eigenvalue weighted by Crippen LogP contribution is -2.74. The maximum atomic E-state index is 2.51. The first kappa shape index (κ1) is 20.4. The van der Waals surface area contributed by atoms with Crippen molar-refractivity contribution in [3.8, 4) is 0 Å². The highest BCUT2D eigenvalue weighted by Crippen LogP contribution is 2.33. The van der Waals surface area contributed by atoms with E-state index in [4.69, 9.17) is 0 Å². The van der Waals surface area contributed by atoms with Gasteiger partial charge in [0, 0.05) is 37.6 Å². The molecule has 4 rings (SSSR count). The SMILES string of the molecule is C.C.C.C.C1=CN2CCCCN3C=CC=[N+]4CCC[N+](=C1)C234. The summed E-state index contributed by atoms with van der Waals surface area (Å²) in [5, 5.41) is 0. The second-order valence-electron chi connectivity index (χ2n) is 5.42. The molecule has 0 N–H and O–H groups in total. The zero-order valence-corrected chi connectivity index (χ0v) is 10.7. The summed E-state index contributed by atoms with van der Waals surface area (Å²) in [7, 11) is 0. The fourth-order valence-electron chi connectivity index (χ4n) is 3.76. The van der Waals surface area contributed by atoms with Gasteiger partial charge in [0.25, 0.3) is 0 Å². The lowest BCUT2D eigenvalue weighted by molar-refractivity contribution is -0.892. The van der Waals surface area contributed by atoms with Gasteiger partial charge in [-0.25, -0.2) is 9.80 Å². The molecule has 0 aliphatic carbocycles. The van der Waals surface area contributed by atoms with Crippen molar-refractivity contribution in [3.63, 3.8) is 0 Å². The van der Waals surface area contributed by atoms with Gasteiger partial charge in [0.1, 0.15) is 0 Å². The maximum Gasteiger partial charge on any atom is 0.532 e. The van der Waals surface area contributed by atoms with E-state index in [0.29, 0.717) is 0 Å². The topological polar surface area (TPSA) is 12.5 Å². The molecule has 4 aliphatic rings. The van der Waals surface area contributed by atoms with E-state index < -0.39 is 0 Å². The zero-order valence-electron chi connectivity index (χ0n) is 10.7. The molecule has 1 spiro atoms. The first-order valence-corrected chi connectivity index (χ1v) is 7.03. The second-order valence-corrected chi connectivity index (χ2v) is 5.42. The van der Waals surface area contributed by atoms with Gasteiger partial charge < -0.3 is 0 Å². The number of rotatable bonds is 0. The molecule has 0 aromatic heterocycles. The van der Waals surface area contributed by atoms with Crippen molar-refractivity contribution in [1.82, 2.24) is 9.80 Å². The smallest absolute Gasteiger partial charge is 0.238 e. The third kappa shape index (κ3) is 2.49. The van der Waals surface area contributed by atoms with E-state index in [1.807, 2.05) is 0 Å². The van der Waals surface area contributed by atoms with Crippen LogP contribution >= 0.6 is 0 Å². The van der Waals surface area contributed by atoms with Gasteiger partial charge in [0.05, 0.1) is 6.42 Å². The summed E-state index contributed by atoms with van der Waals surface area (Å²) >= 11 is 0. The fourth-order valence-corrected chi connectivity index (χ4v) is 3.76. The molecule has 2 fully saturated rings. The maximum absolute atomic E-state index is 2.51. The molecule has 0 amide bonds. The summed E-state index contributed by atoms with van der Waals surface area (Å²) in [4.78, 5) is 5.03. The Hall–Kier alpha value is -1.58. The second kappa shape index (κ2) is 7.61. The molecule has 4 heteroatoms. The molecule has 0 bridgehead atoms. The lowest BCUT2D eigenvalue weighted by atomic mass is 10.2. The van der Waals surface area contributed by atoms with Crippen molar-refractivity contribution < 1.29 is 9.15 Å². The quantitative estimate of drug-likeness (QED) is 0.637. The van der Waals surface area contributed by atoms with Crippen LogP contribution in [0.4, 0.5) is 0 Å². The van der Waals surface area contributed by atoms with E-state index in [1.165, 1.54) is 19.3 Å². The van der Waals surface area contributed by atoms with Crippen LogP contribution in [0, 0.1) is 0 Å². The monoisotopic (exact) mass is 308 g/mol. The van der Waals surface area contributed by atoms with Crippen LogP contribution in [-0.4, -0.2) is 63.5 Å². The van der Waals surface area contributed by atoms with Crippen LogP contribution in [0.5, 0.6) is 0 Å². The summed E-state index contributed by atoms with van der Waals surface area (Å²) in [5.41, 5.74) is 0. The number of hydrogen-bond donors (Lipinski definition) is 0. The fraction of sp³-hybridized carbons (Fsp3) is 0.667. The minimum absolute atomic E-state index is 0. The molecule has 0 aromatic rings. The Morgan fingerprint density at radius 2 is 1.14 bits per heavy atom. The van der Waals surface area contributed by atoms with Crippen LogP contribution < -0.4 is 0 Å². The third-order valence-electron chi connectivity index (χ3n) is 4.45. The van der Waals surface area contributed by atoms with Gasteiger partial charge >= 0.3 is 5.91 Å². The summed E-state index contributed by atoms with van der Waals surface area (Å²) in [6, 6.07) is 0. The van der Waals surface area contributed by atoms with Crippen LogP contribution in [-0.2, 0) is 0 Å². The van der Waals surface area contributed by atoms with Crippen molar-refractivity contribution in [2.45, 2.75) is 54.9 Å². The van der Waals surface area contributed by atoms with Gasteiger partial charge in [-0.2, -0.15) is 0 Å². The lowest BCUT2D eigenvalue weighted by Gasteiger charge is -2.43. The van der Waals surface area contributed by atoms with Gasteiger partial charge in [-0.15, -0.1) is 9.15 Å². The predicted molar refractivity (Wildman–Crippen MR) is 97.6 cm³/mol. The molecule has 0 unspecified atom stereocenters. The highest BCUT2D eigenvalue weighted by atomic mass is 15.7. The molecule has 4 aliphatic heterocycles. The summed E-state index contributed by atoms with van der Waals surface area (Å²) in [5.74, 6) is -0.0851. The molecule has 0 atom stereocenters. The molecule has 0 radical (unpaired) electrons. The number of nitrogens with zero attached hydrogens (tertiary/aromatic N) is 4. The largest absolute Gasteiger partial charge is 0.532 e. The zero-order chi connectivity index (χ0) is 12.0. The first-order chi connectivity index (χ1) is 8.92. The molecule has 0 saturated carbocycles. The highest BCUT2D eigenvalue weighted by Gasteiger charge is 2.64. The Labute approximate surface area is 137 Å². The van der Waals surface area contributed by atoms with E-state index in [-0.39, 0.29) is 35.6 Å². The van der Waals surface area contributed by atoms with E-state index in [2.05, 4.69) is 55.9 Å². The first-order valence-electron chi connectivity index (χ1n) is 7.03. The van der Waals surface area contributed by atoms with Gasteiger partial charge in [0.15, 0.2) is 25.5 Å². The molecule has 4 nitrogen and oxygen atoms in total. The molecule has 22 heavy (non-hydrogen) atoms. The Balaban J connectivity index is 0.00000110. The van der Waals surface area contributed by atoms with Crippen molar-refractivity contribution in [2.24, 2.45) is 0 Å². The minimum atomic E-state index is -0.0851. The Kier molecular flexibility index (Phi) is 7.07. The van der Waals surface area contributed by atoms with Crippen LogP contribution in [0.3, 0.4) is 0 Å². The Morgan fingerprint density at radius 1 is 0.682 bits per heavy atom. The normalized spacial score (nSPS) is 22.9. The van der Waals surface area contributed by atoms with Gasteiger partial charge in [-0.1, -0.05) is 29.7 Å². The Bertz CT molecular complexity index is 443. The number of allylic oxidation sites excluding steroid dienone is 2. The van der Waals surface area contributed by atoms with Crippen LogP contribution in [0.2, 0.25) is 0 Å². The summed E-state index contributed by atoms with van der Waals surface area (Å²) < 4.78 is 5.00. The molecular formula is C18H36N4+2. The minimum Gasteiger partial charge on any atom is -0.238 e. The molecule has 2 saturated heterocycles. The van der Waals surface area contributed by atoms with E-state index >= 15 is 0 Å². The van der Waals surface area contributed by atoms with Crippen molar-refractivity contribution in [3.05, 3.63) is 24.6 Å². The third-order valence-corrected chi connectivity index (χ3v) is 4.45. The predicted octanol–water partition coefficient (Wildman–Crippen LogP) is 3.16. The molecule has 4 heterocycles. The van der Waals surface area contributed by atoms with Gasteiger partial charge in [0.2, 0.25) is 0 Å². The summed E-state index contributed by atoms with van der Waals surface area (Å²) in [6.07, 6.45) is 17.2. The van der Waals surface area contributed by atoms with E-state index in [1.54, 1.807) is 0 Å². The van der Waals surface area contributed by atoms with E-state index in [0.717, 1.165) is 26.2 Å². The molecular weight excluding hydrogens is 272 g/mol. The average molecular weight is 309 g/mol. The Morgan fingerprint density at radius 3 is 1.59 bits per heavy atom. The average Bonchev–Trinajstić information content (AvgIpc) is 2.61.